The van der Waals surface area contributed by atoms with Crippen LogP contribution in [-0.2, 0) is 11.3 Å². The number of methoxy groups -OCH3 is 1. The Morgan fingerprint density at radius 2 is 1.70 bits per heavy atom. The van der Waals surface area contributed by atoms with Gasteiger partial charge in [0.1, 0.15) is 0 Å². The summed E-state index contributed by atoms with van der Waals surface area (Å²) in [5.41, 5.74) is 2.48. The Morgan fingerprint density at radius 3 is 2.37 bits per heavy atom. The third-order valence-corrected chi connectivity index (χ3v) is 7.25. The fourth-order valence-corrected chi connectivity index (χ4v) is 5.50. The highest BCUT2D eigenvalue weighted by molar-refractivity contribution is 5.89. The maximum absolute atomic E-state index is 11.6. The van der Waals surface area contributed by atoms with Gasteiger partial charge in [0.15, 0.2) is 0 Å². The van der Waals surface area contributed by atoms with E-state index >= 15 is 0 Å². The normalized spacial score (nSPS) is 24.3. The zero-order valence-corrected chi connectivity index (χ0v) is 16.8. The number of carbonyl (C=O) groups is 1. The molecular formula is C23H34N2O2. The first-order valence-corrected chi connectivity index (χ1v) is 10.8. The van der Waals surface area contributed by atoms with Crippen molar-refractivity contribution >= 4 is 5.97 Å². The second-order valence-electron chi connectivity index (χ2n) is 8.98. The first-order valence-electron chi connectivity index (χ1n) is 10.8. The molecule has 3 aliphatic rings. The third kappa shape index (κ3) is 4.38. The van der Waals surface area contributed by atoms with Crippen molar-refractivity contribution in [2.45, 2.75) is 64.0 Å². The van der Waals surface area contributed by atoms with Crippen LogP contribution in [0.25, 0.3) is 0 Å². The number of benzene rings is 1. The molecule has 0 amide bonds. The van der Waals surface area contributed by atoms with Crippen LogP contribution in [0.1, 0.15) is 67.3 Å². The molecule has 0 unspecified atom stereocenters. The van der Waals surface area contributed by atoms with E-state index in [2.05, 4.69) is 21.9 Å². The maximum Gasteiger partial charge on any atom is 0.337 e. The van der Waals surface area contributed by atoms with Crippen molar-refractivity contribution in [3.63, 3.8) is 0 Å². The van der Waals surface area contributed by atoms with Crippen LogP contribution in [0.4, 0.5) is 0 Å². The van der Waals surface area contributed by atoms with Crippen molar-refractivity contribution in [1.29, 1.82) is 0 Å². The van der Waals surface area contributed by atoms with Gasteiger partial charge in [0, 0.05) is 19.1 Å². The van der Waals surface area contributed by atoms with Crippen LogP contribution in [0.2, 0.25) is 0 Å². The van der Waals surface area contributed by atoms with Gasteiger partial charge in [0.25, 0.3) is 0 Å². The van der Waals surface area contributed by atoms with E-state index in [1.165, 1.54) is 90.2 Å². The summed E-state index contributed by atoms with van der Waals surface area (Å²) in [4.78, 5) is 17.0. The molecule has 0 bridgehead atoms. The fourth-order valence-electron chi connectivity index (χ4n) is 5.50. The van der Waals surface area contributed by atoms with E-state index in [0.717, 1.165) is 12.6 Å². The molecule has 4 heteroatoms. The number of nitrogens with zero attached hydrogens (tertiary/aromatic N) is 2. The minimum absolute atomic E-state index is 0.258. The second kappa shape index (κ2) is 8.32. The van der Waals surface area contributed by atoms with Gasteiger partial charge in [-0.25, -0.2) is 4.79 Å². The molecule has 1 spiro atoms. The van der Waals surface area contributed by atoms with Gasteiger partial charge in [-0.15, -0.1) is 0 Å². The highest BCUT2D eigenvalue weighted by Crippen LogP contribution is 2.42. The average molecular weight is 371 g/mol. The van der Waals surface area contributed by atoms with Gasteiger partial charge in [-0.05, 0) is 74.8 Å². The highest BCUT2D eigenvalue weighted by Gasteiger charge is 2.41. The third-order valence-electron chi connectivity index (χ3n) is 7.25. The number of esters is 1. The van der Waals surface area contributed by atoms with Crippen LogP contribution < -0.4 is 0 Å². The lowest BCUT2D eigenvalue weighted by Crippen LogP contribution is -2.46. The molecule has 2 saturated heterocycles. The Balaban J connectivity index is 1.28. The van der Waals surface area contributed by atoms with Crippen LogP contribution >= 0.6 is 0 Å². The van der Waals surface area contributed by atoms with Gasteiger partial charge < -0.3 is 9.64 Å². The van der Waals surface area contributed by atoms with Gasteiger partial charge in [-0.1, -0.05) is 31.4 Å². The molecule has 0 radical (unpaired) electrons. The number of hydrogen-bond acceptors (Lipinski definition) is 4. The van der Waals surface area contributed by atoms with Gasteiger partial charge in [-0.3, -0.25) is 4.90 Å². The number of ether oxygens (including phenoxy) is 1. The van der Waals surface area contributed by atoms with E-state index in [1.807, 2.05) is 12.1 Å². The van der Waals surface area contributed by atoms with Crippen molar-refractivity contribution in [2.24, 2.45) is 5.41 Å². The topological polar surface area (TPSA) is 32.8 Å². The summed E-state index contributed by atoms with van der Waals surface area (Å²) in [7, 11) is 1.43. The van der Waals surface area contributed by atoms with Gasteiger partial charge in [-0.2, -0.15) is 0 Å². The molecule has 148 valence electrons. The van der Waals surface area contributed by atoms with Crippen molar-refractivity contribution in [3.05, 3.63) is 35.4 Å². The minimum atomic E-state index is -0.258. The first kappa shape index (κ1) is 18.9. The van der Waals surface area contributed by atoms with Gasteiger partial charge in [0.05, 0.1) is 12.7 Å². The van der Waals surface area contributed by atoms with Crippen LogP contribution in [0.5, 0.6) is 0 Å². The Kier molecular flexibility index (Phi) is 5.84. The second-order valence-corrected chi connectivity index (χ2v) is 8.98. The standard InChI is InChI=1S/C23H34N2O2/c1-27-22(26)20-9-7-19(8-10-20)17-24-14-11-23(18-24)12-15-25(16-13-23)21-5-3-2-4-6-21/h7-10,21H,2-6,11-18H2,1H3. The zero-order chi connectivity index (χ0) is 18.7. The molecule has 0 atom stereocenters. The molecule has 1 aromatic carbocycles. The van der Waals surface area contributed by atoms with E-state index in [-0.39, 0.29) is 5.97 Å². The summed E-state index contributed by atoms with van der Waals surface area (Å²) in [6.45, 7) is 6.07. The molecule has 3 fully saturated rings. The molecule has 0 N–H and O–H groups in total. The summed E-state index contributed by atoms with van der Waals surface area (Å²) < 4.78 is 4.78. The zero-order valence-electron chi connectivity index (χ0n) is 16.8. The molecule has 2 aliphatic heterocycles. The highest BCUT2D eigenvalue weighted by atomic mass is 16.5. The predicted octanol–water partition coefficient (Wildman–Crippen LogP) is 4.09. The Morgan fingerprint density at radius 1 is 1.04 bits per heavy atom. The molecule has 0 aromatic heterocycles. The molecule has 27 heavy (non-hydrogen) atoms. The summed E-state index contributed by atoms with van der Waals surface area (Å²) in [6, 6.07) is 8.79. The number of hydrogen-bond donors (Lipinski definition) is 0. The number of likely N-dealkylation sites (tertiary alicyclic amines) is 2. The van der Waals surface area contributed by atoms with Gasteiger partial charge in [0.2, 0.25) is 0 Å². The molecule has 4 nitrogen and oxygen atoms in total. The van der Waals surface area contributed by atoms with Crippen LogP contribution in [-0.4, -0.2) is 55.1 Å². The van der Waals surface area contributed by atoms with Crippen LogP contribution in [0.3, 0.4) is 0 Å². The monoisotopic (exact) mass is 370 g/mol. The molecule has 2 heterocycles. The molecule has 4 rings (SSSR count). The van der Waals surface area contributed by atoms with Crippen molar-refractivity contribution < 1.29 is 9.53 Å². The van der Waals surface area contributed by atoms with Crippen LogP contribution in [0.15, 0.2) is 24.3 Å². The number of carbonyl (C=O) groups excluding carboxylic acids is 1. The SMILES string of the molecule is COC(=O)c1ccc(CN2CCC3(CCN(C4CCCCC4)CC3)C2)cc1. The Bertz CT molecular complexity index is 628. The predicted molar refractivity (Wildman–Crippen MR) is 108 cm³/mol. The molecule has 1 aliphatic carbocycles. The first-order chi connectivity index (χ1) is 13.2. The molecule has 1 saturated carbocycles. The lowest BCUT2D eigenvalue weighted by Gasteiger charge is -2.43. The lowest BCUT2D eigenvalue weighted by molar-refractivity contribution is 0.0600. The largest absolute Gasteiger partial charge is 0.465 e. The molecule has 1 aromatic rings. The average Bonchev–Trinajstić information content (AvgIpc) is 3.11. The van der Waals surface area contributed by atoms with Crippen molar-refractivity contribution in [2.75, 3.05) is 33.3 Å². The van der Waals surface area contributed by atoms with Crippen LogP contribution in [0, 0.1) is 5.41 Å². The molecular weight excluding hydrogens is 336 g/mol. The van der Waals surface area contributed by atoms with E-state index in [9.17, 15) is 4.79 Å². The number of rotatable bonds is 4. The quantitative estimate of drug-likeness (QED) is 0.747. The number of piperidine rings is 1. The van der Waals surface area contributed by atoms with E-state index in [1.54, 1.807) is 0 Å². The summed E-state index contributed by atoms with van der Waals surface area (Å²) in [5.74, 6) is -0.258. The Hall–Kier alpha value is -1.39. The smallest absolute Gasteiger partial charge is 0.337 e. The summed E-state index contributed by atoms with van der Waals surface area (Å²) in [5, 5.41) is 0. The lowest BCUT2D eigenvalue weighted by atomic mass is 9.77. The fraction of sp³-hybridized carbons (Fsp3) is 0.696. The summed E-state index contributed by atoms with van der Waals surface area (Å²) >= 11 is 0. The van der Waals surface area contributed by atoms with Crippen molar-refractivity contribution in [1.82, 2.24) is 9.80 Å². The Labute approximate surface area is 163 Å². The van der Waals surface area contributed by atoms with E-state index < -0.39 is 0 Å². The van der Waals surface area contributed by atoms with Crippen molar-refractivity contribution in [3.8, 4) is 0 Å². The summed E-state index contributed by atoms with van der Waals surface area (Å²) in [6.07, 6.45) is 11.3. The maximum atomic E-state index is 11.6. The minimum Gasteiger partial charge on any atom is -0.465 e. The van der Waals surface area contributed by atoms with Gasteiger partial charge >= 0.3 is 5.97 Å². The van der Waals surface area contributed by atoms with E-state index in [4.69, 9.17) is 4.74 Å². The van der Waals surface area contributed by atoms with E-state index in [0.29, 0.717) is 11.0 Å².